The normalized spacial score (nSPS) is 22.1. The van der Waals surface area contributed by atoms with Gasteiger partial charge in [-0.05, 0) is 43.4 Å². The third kappa shape index (κ3) is 2.96. The lowest BCUT2D eigenvalue weighted by molar-refractivity contribution is -0.121. The monoisotopic (exact) mass is 273 g/mol. The minimum atomic E-state index is -0.00422. The van der Waals surface area contributed by atoms with Crippen LogP contribution in [0.4, 0.5) is 5.69 Å². The predicted molar refractivity (Wildman–Crippen MR) is 80.7 cm³/mol. The van der Waals surface area contributed by atoms with Crippen LogP contribution in [0.15, 0.2) is 24.3 Å². The molecular weight excluding hydrogens is 250 g/mol. The predicted octanol–water partition coefficient (Wildman–Crippen LogP) is 1.65. The number of hydrogen-bond donors (Lipinski definition) is 2. The van der Waals surface area contributed by atoms with E-state index in [4.69, 9.17) is 0 Å². The van der Waals surface area contributed by atoms with E-state index in [-0.39, 0.29) is 11.9 Å². The number of carbonyl (C=O) groups excluding carboxylic acids is 1. The van der Waals surface area contributed by atoms with Crippen LogP contribution >= 0.6 is 0 Å². The van der Waals surface area contributed by atoms with Crippen molar-refractivity contribution in [1.29, 1.82) is 0 Å². The molecule has 1 heterocycles. The minimum Gasteiger partial charge on any atom is -0.360 e. The molecule has 0 aromatic heterocycles. The Kier molecular flexibility index (Phi) is 3.92. The largest absolute Gasteiger partial charge is 0.360 e. The molecule has 2 aliphatic rings. The first-order valence-corrected chi connectivity index (χ1v) is 7.58. The zero-order chi connectivity index (χ0) is 13.9. The van der Waals surface area contributed by atoms with E-state index in [0.717, 1.165) is 37.7 Å². The number of hydrogen-bond acceptors (Lipinski definition) is 3. The third-order valence-electron chi connectivity index (χ3n) is 4.24. The van der Waals surface area contributed by atoms with Gasteiger partial charge in [0.2, 0.25) is 5.91 Å². The van der Waals surface area contributed by atoms with Crippen molar-refractivity contribution in [3.63, 3.8) is 0 Å². The molecular formula is C16H23N3O. The summed E-state index contributed by atoms with van der Waals surface area (Å²) < 4.78 is 0. The van der Waals surface area contributed by atoms with Gasteiger partial charge in [0.1, 0.15) is 6.04 Å². The third-order valence-corrected chi connectivity index (χ3v) is 4.24. The van der Waals surface area contributed by atoms with E-state index in [0.29, 0.717) is 0 Å². The van der Waals surface area contributed by atoms with Crippen LogP contribution in [-0.2, 0) is 11.3 Å². The van der Waals surface area contributed by atoms with E-state index in [1.165, 1.54) is 18.4 Å². The van der Waals surface area contributed by atoms with Crippen LogP contribution in [0.3, 0.4) is 0 Å². The molecule has 0 radical (unpaired) electrons. The smallest absolute Gasteiger partial charge is 0.242 e. The Morgan fingerprint density at radius 3 is 2.65 bits per heavy atom. The van der Waals surface area contributed by atoms with Crippen LogP contribution in [0.1, 0.15) is 31.2 Å². The summed E-state index contributed by atoms with van der Waals surface area (Å²) >= 11 is 0. The molecule has 1 saturated heterocycles. The molecule has 2 fully saturated rings. The van der Waals surface area contributed by atoms with Gasteiger partial charge in [-0.15, -0.1) is 0 Å². The maximum Gasteiger partial charge on any atom is 0.242 e. The van der Waals surface area contributed by atoms with Crippen LogP contribution < -0.4 is 15.5 Å². The number of amides is 1. The van der Waals surface area contributed by atoms with Crippen LogP contribution in [-0.4, -0.2) is 31.6 Å². The first kappa shape index (κ1) is 13.4. The molecule has 1 aliphatic carbocycles. The molecule has 4 heteroatoms. The number of carbonyl (C=O) groups is 1. The Morgan fingerprint density at radius 1 is 1.25 bits per heavy atom. The highest BCUT2D eigenvalue weighted by Crippen LogP contribution is 2.26. The van der Waals surface area contributed by atoms with Crippen molar-refractivity contribution in [2.24, 2.45) is 0 Å². The molecule has 20 heavy (non-hydrogen) atoms. The zero-order valence-electron chi connectivity index (χ0n) is 12.1. The van der Waals surface area contributed by atoms with E-state index in [2.05, 4.69) is 39.8 Å². The average molecular weight is 273 g/mol. The second-order valence-electron chi connectivity index (χ2n) is 5.79. The fraction of sp³-hybridized carbons (Fsp3) is 0.562. The molecule has 0 spiro atoms. The first-order chi connectivity index (χ1) is 9.78. The van der Waals surface area contributed by atoms with Gasteiger partial charge in [-0.3, -0.25) is 4.79 Å². The molecule has 1 amide bonds. The molecule has 1 unspecified atom stereocenters. The van der Waals surface area contributed by atoms with Gasteiger partial charge >= 0.3 is 0 Å². The van der Waals surface area contributed by atoms with Gasteiger partial charge in [-0.25, -0.2) is 0 Å². The molecule has 0 bridgehead atoms. The number of benzene rings is 1. The highest BCUT2D eigenvalue weighted by Gasteiger charge is 2.30. The van der Waals surface area contributed by atoms with E-state index in [1.54, 1.807) is 7.05 Å². The summed E-state index contributed by atoms with van der Waals surface area (Å²) in [5.41, 5.74) is 2.47. The Balaban J connectivity index is 1.64. The van der Waals surface area contributed by atoms with Crippen molar-refractivity contribution in [3.8, 4) is 0 Å². The molecule has 2 N–H and O–H groups in total. The molecule has 1 aromatic rings. The lowest BCUT2D eigenvalue weighted by Gasteiger charge is -2.25. The molecule has 3 rings (SSSR count). The topological polar surface area (TPSA) is 44.4 Å². The van der Waals surface area contributed by atoms with Crippen molar-refractivity contribution in [2.45, 2.75) is 44.3 Å². The van der Waals surface area contributed by atoms with Crippen molar-refractivity contribution in [2.75, 3.05) is 18.5 Å². The number of rotatable bonds is 5. The maximum absolute atomic E-state index is 11.9. The van der Waals surface area contributed by atoms with Gasteiger partial charge in [0.05, 0.1) is 0 Å². The quantitative estimate of drug-likeness (QED) is 0.857. The van der Waals surface area contributed by atoms with Gasteiger partial charge in [-0.1, -0.05) is 12.1 Å². The van der Waals surface area contributed by atoms with Crippen molar-refractivity contribution in [1.82, 2.24) is 10.6 Å². The fourth-order valence-corrected chi connectivity index (χ4v) is 2.87. The van der Waals surface area contributed by atoms with E-state index >= 15 is 0 Å². The summed E-state index contributed by atoms with van der Waals surface area (Å²) in [6.07, 6.45) is 4.67. The van der Waals surface area contributed by atoms with Crippen LogP contribution in [0.25, 0.3) is 0 Å². The van der Waals surface area contributed by atoms with E-state index in [1.807, 2.05) is 0 Å². The van der Waals surface area contributed by atoms with Crippen molar-refractivity contribution < 1.29 is 4.79 Å². The Bertz CT molecular complexity index is 467. The van der Waals surface area contributed by atoms with Crippen LogP contribution in [0.2, 0.25) is 0 Å². The summed E-state index contributed by atoms with van der Waals surface area (Å²) in [5.74, 6) is 0.127. The van der Waals surface area contributed by atoms with Gasteiger partial charge < -0.3 is 15.5 Å². The average Bonchev–Trinajstić information content (AvgIpc) is 3.19. The summed E-state index contributed by atoms with van der Waals surface area (Å²) in [5, 5.41) is 6.29. The number of likely N-dealkylation sites (N-methyl/N-ethyl adjacent to an activating group) is 1. The van der Waals surface area contributed by atoms with Gasteiger partial charge in [0.25, 0.3) is 0 Å². The molecule has 1 atom stereocenters. The molecule has 1 aromatic carbocycles. The molecule has 1 saturated carbocycles. The minimum absolute atomic E-state index is 0.00422. The Hall–Kier alpha value is -1.55. The SMILES string of the molecule is CNC(=O)C1CCCN1c1ccc(CNC2CC2)cc1. The molecule has 108 valence electrons. The first-order valence-electron chi connectivity index (χ1n) is 7.58. The number of nitrogens with zero attached hydrogens (tertiary/aromatic N) is 1. The van der Waals surface area contributed by atoms with E-state index < -0.39 is 0 Å². The summed E-state index contributed by atoms with van der Waals surface area (Å²) in [6.45, 7) is 1.92. The summed E-state index contributed by atoms with van der Waals surface area (Å²) in [4.78, 5) is 14.1. The number of nitrogens with one attached hydrogen (secondary N) is 2. The molecule has 1 aliphatic heterocycles. The second-order valence-corrected chi connectivity index (χ2v) is 5.79. The van der Waals surface area contributed by atoms with Crippen molar-refractivity contribution >= 4 is 11.6 Å². The molecule has 4 nitrogen and oxygen atoms in total. The standard InChI is InChI=1S/C16H23N3O/c1-17-16(20)15-3-2-10-19(15)14-8-4-12(5-9-14)11-18-13-6-7-13/h4-5,8-9,13,15,18H,2-3,6-7,10-11H2,1H3,(H,17,20). The zero-order valence-corrected chi connectivity index (χ0v) is 12.1. The van der Waals surface area contributed by atoms with Gasteiger partial charge in [0, 0.05) is 31.9 Å². The lowest BCUT2D eigenvalue weighted by Crippen LogP contribution is -2.41. The van der Waals surface area contributed by atoms with E-state index in [9.17, 15) is 4.79 Å². The maximum atomic E-state index is 11.9. The number of anilines is 1. The van der Waals surface area contributed by atoms with Crippen molar-refractivity contribution in [3.05, 3.63) is 29.8 Å². The highest BCUT2D eigenvalue weighted by molar-refractivity contribution is 5.85. The van der Waals surface area contributed by atoms with Crippen LogP contribution in [0, 0.1) is 0 Å². The summed E-state index contributed by atoms with van der Waals surface area (Å²) in [6, 6.07) is 9.37. The lowest BCUT2D eigenvalue weighted by atomic mass is 10.1. The summed E-state index contributed by atoms with van der Waals surface area (Å²) in [7, 11) is 1.71. The Labute approximate surface area is 120 Å². The van der Waals surface area contributed by atoms with Gasteiger partial charge in [-0.2, -0.15) is 0 Å². The second kappa shape index (κ2) is 5.83. The van der Waals surface area contributed by atoms with Gasteiger partial charge in [0.15, 0.2) is 0 Å². The van der Waals surface area contributed by atoms with Crippen LogP contribution in [0.5, 0.6) is 0 Å². The highest BCUT2D eigenvalue weighted by atomic mass is 16.2. The fourth-order valence-electron chi connectivity index (χ4n) is 2.87. The Morgan fingerprint density at radius 2 is 2.00 bits per heavy atom.